The van der Waals surface area contributed by atoms with Crippen LogP contribution in [-0.2, 0) is 21.4 Å². The SMILES string of the molecule is [2H]C1([2H])OC(N)=NC12c1cc(-c3cncnc3)ccc1C[C@@]21CC[C@H](OC)C2(CC2)C1. The van der Waals surface area contributed by atoms with Crippen LogP contribution in [0.2, 0.25) is 0 Å². The Morgan fingerprint density at radius 2 is 2.03 bits per heavy atom. The number of benzene rings is 1. The highest BCUT2D eigenvalue weighted by atomic mass is 16.5. The summed E-state index contributed by atoms with van der Waals surface area (Å²) in [5, 5.41) is 0. The van der Waals surface area contributed by atoms with Crippen LogP contribution in [0.25, 0.3) is 11.1 Å². The summed E-state index contributed by atoms with van der Waals surface area (Å²) in [4.78, 5) is 13.1. The van der Waals surface area contributed by atoms with Crippen molar-refractivity contribution in [3.8, 4) is 11.1 Å². The van der Waals surface area contributed by atoms with Crippen molar-refractivity contribution in [3.63, 3.8) is 0 Å². The molecule has 0 saturated heterocycles. The molecule has 1 aromatic heterocycles. The molecule has 2 N–H and O–H groups in total. The summed E-state index contributed by atoms with van der Waals surface area (Å²) in [6.45, 7) is -2.02. The third kappa shape index (κ3) is 2.29. The predicted molar refractivity (Wildman–Crippen MR) is 109 cm³/mol. The number of rotatable bonds is 2. The number of nitrogens with zero attached hydrogens (tertiary/aromatic N) is 3. The van der Waals surface area contributed by atoms with E-state index in [2.05, 4.69) is 22.1 Å². The van der Waals surface area contributed by atoms with E-state index >= 15 is 0 Å². The highest BCUT2D eigenvalue weighted by Crippen LogP contribution is 2.70. The third-order valence-corrected chi connectivity index (χ3v) is 7.71. The van der Waals surface area contributed by atoms with Gasteiger partial charge in [-0.2, -0.15) is 0 Å². The molecule has 2 fully saturated rings. The zero-order valence-corrected chi connectivity index (χ0v) is 16.5. The number of fused-ring (bicyclic) bond motifs is 3. The van der Waals surface area contributed by atoms with Gasteiger partial charge < -0.3 is 15.2 Å². The van der Waals surface area contributed by atoms with Crippen molar-refractivity contribution in [2.75, 3.05) is 13.7 Å². The number of hydrogen-bond donors (Lipinski definition) is 1. The molecule has 0 amide bonds. The molecule has 6 rings (SSSR count). The number of aliphatic imine (C=N–C) groups is 1. The van der Waals surface area contributed by atoms with Crippen molar-refractivity contribution in [1.29, 1.82) is 0 Å². The van der Waals surface area contributed by atoms with Crippen LogP contribution in [0.5, 0.6) is 0 Å². The second kappa shape index (κ2) is 5.79. The molecule has 3 spiro atoms. The summed E-state index contributed by atoms with van der Waals surface area (Å²) >= 11 is 0. The molecular formula is C23H26N4O2. The van der Waals surface area contributed by atoms with Crippen molar-refractivity contribution in [2.45, 2.75) is 50.2 Å². The van der Waals surface area contributed by atoms with E-state index in [1.807, 2.05) is 6.07 Å². The Hall–Kier alpha value is -2.47. The van der Waals surface area contributed by atoms with E-state index in [0.717, 1.165) is 60.8 Å². The number of amidine groups is 1. The topological polar surface area (TPSA) is 82.6 Å². The molecule has 3 aliphatic carbocycles. The molecule has 0 bridgehead atoms. The summed E-state index contributed by atoms with van der Waals surface area (Å²) in [5.41, 5.74) is 8.43. The van der Waals surface area contributed by atoms with Crippen LogP contribution in [-0.4, -0.2) is 35.8 Å². The Bertz CT molecular complexity index is 1090. The summed E-state index contributed by atoms with van der Waals surface area (Å²) in [6.07, 6.45) is 10.9. The zero-order chi connectivity index (χ0) is 21.5. The fraction of sp³-hybridized carbons (Fsp3) is 0.522. The molecule has 150 valence electrons. The van der Waals surface area contributed by atoms with E-state index in [1.54, 1.807) is 19.5 Å². The summed E-state index contributed by atoms with van der Waals surface area (Å²) in [5.74, 6) is 0. The van der Waals surface area contributed by atoms with Crippen molar-refractivity contribution in [2.24, 2.45) is 21.6 Å². The maximum absolute atomic E-state index is 8.97. The number of hydrogen-bond acceptors (Lipinski definition) is 6. The van der Waals surface area contributed by atoms with Gasteiger partial charge in [0.2, 0.25) is 0 Å². The van der Waals surface area contributed by atoms with Crippen LogP contribution in [0.4, 0.5) is 0 Å². The fourth-order valence-electron chi connectivity index (χ4n) is 6.23. The van der Waals surface area contributed by atoms with Crippen LogP contribution < -0.4 is 5.73 Å². The smallest absolute Gasteiger partial charge is 0.283 e. The number of ether oxygens (including phenoxy) is 2. The second-order valence-electron chi connectivity index (χ2n) is 9.12. The summed E-state index contributed by atoms with van der Waals surface area (Å²) in [7, 11) is 1.80. The van der Waals surface area contributed by atoms with E-state index in [0.29, 0.717) is 0 Å². The van der Waals surface area contributed by atoms with Crippen molar-refractivity contribution in [1.82, 2.24) is 9.97 Å². The highest BCUT2D eigenvalue weighted by molar-refractivity contribution is 5.76. The molecule has 2 saturated carbocycles. The van der Waals surface area contributed by atoms with Gasteiger partial charge >= 0.3 is 0 Å². The molecule has 3 atom stereocenters. The first-order valence-electron chi connectivity index (χ1n) is 11.3. The van der Waals surface area contributed by atoms with E-state index < -0.39 is 17.5 Å². The molecule has 29 heavy (non-hydrogen) atoms. The first-order chi connectivity index (χ1) is 14.8. The molecular weight excluding hydrogens is 364 g/mol. The summed E-state index contributed by atoms with van der Waals surface area (Å²) < 4.78 is 29.3. The molecule has 1 unspecified atom stereocenters. The maximum Gasteiger partial charge on any atom is 0.283 e. The van der Waals surface area contributed by atoms with Crippen LogP contribution >= 0.6 is 0 Å². The fourth-order valence-corrected chi connectivity index (χ4v) is 6.23. The lowest BCUT2D eigenvalue weighted by Crippen LogP contribution is -2.50. The van der Waals surface area contributed by atoms with Crippen molar-refractivity contribution in [3.05, 3.63) is 48.0 Å². The van der Waals surface area contributed by atoms with Gasteiger partial charge in [-0.15, -0.1) is 0 Å². The lowest BCUT2D eigenvalue weighted by Gasteiger charge is -2.49. The minimum absolute atomic E-state index is 0.0654. The molecule has 2 heterocycles. The molecule has 1 aromatic carbocycles. The number of aromatic nitrogens is 2. The molecule has 1 aliphatic heterocycles. The zero-order valence-electron chi connectivity index (χ0n) is 18.5. The van der Waals surface area contributed by atoms with Gasteiger partial charge in [0, 0.05) is 30.5 Å². The van der Waals surface area contributed by atoms with Crippen molar-refractivity contribution < 1.29 is 12.2 Å². The quantitative estimate of drug-likeness (QED) is 0.849. The van der Waals surface area contributed by atoms with Crippen LogP contribution in [0.15, 0.2) is 41.9 Å². The highest BCUT2D eigenvalue weighted by Gasteiger charge is 2.67. The molecule has 0 radical (unpaired) electrons. The Kier molecular flexibility index (Phi) is 3.07. The predicted octanol–water partition coefficient (Wildman–Crippen LogP) is 3.21. The van der Waals surface area contributed by atoms with Crippen LogP contribution in [0.3, 0.4) is 0 Å². The van der Waals surface area contributed by atoms with Crippen molar-refractivity contribution >= 4 is 6.02 Å². The lowest BCUT2D eigenvalue weighted by atomic mass is 9.58. The summed E-state index contributed by atoms with van der Waals surface area (Å²) in [6, 6.07) is 6.16. The van der Waals surface area contributed by atoms with E-state index in [9.17, 15) is 0 Å². The van der Waals surface area contributed by atoms with E-state index in [-0.39, 0.29) is 17.5 Å². The Labute approximate surface area is 173 Å². The first-order valence-corrected chi connectivity index (χ1v) is 10.3. The lowest BCUT2D eigenvalue weighted by molar-refractivity contribution is -0.0621. The van der Waals surface area contributed by atoms with E-state index in [4.69, 9.17) is 22.9 Å². The average Bonchev–Trinajstić information content (AvgIpc) is 3.38. The minimum Gasteiger partial charge on any atom is -0.462 e. The van der Waals surface area contributed by atoms with Crippen LogP contribution in [0.1, 0.15) is 46.0 Å². The number of methoxy groups -OCH3 is 1. The monoisotopic (exact) mass is 392 g/mol. The van der Waals surface area contributed by atoms with Gasteiger partial charge in [-0.25, -0.2) is 15.0 Å². The molecule has 6 nitrogen and oxygen atoms in total. The Morgan fingerprint density at radius 3 is 2.72 bits per heavy atom. The van der Waals surface area contributed by atoms with Gasteiger partial charge in [0.1, 0.15) is 18.4 Å². The third-order valence-electron chi connectivity index (χ3n) is 7.71. The molecule has 2 aromatic rings. The Morgan fingerprint density at radius 1 is 1.21 bits per heavy atom. The Balaban J connectivity index is 1.55. The van der Waals surface area contributed by atoms with Gasteiger partial charge in [0.25, 0.3) is 6.02 Å². The van der Waals surface area contributed by atoms with E-state index in [1.165, 1.54) is 6.33 Å². The van der Waals surface area contributed by atoms with Crippen LogP contribution in [0, 0.1) is 10.8 Å². The van der Waals surface area contributed by atoms with Gasteiger partial charge in [-0.1, -0.05) is 12.1 Å². The van der Waals surface area contributed by atoms with Gasteiger partial charge in [-0.3, -0.25) is 0 Å². The first kappa shape index (κ1) is 15.4. The number of nitrogens with two attached hydrogens (primary N) is 1. The minimum atomic E-state index is -2.02. The molecule has 6 heteroatoms. The molecule has 4 aliphatic rings. The largest absolute Gasteiger partial charge is 0.462 e. The van der Waals surface area contributed by atoms with Gasteiger partial charge in [0.05, 0.1) is 8.85 Å². The maximum atomic E-state index is 8.97. The van der Waals surface area contributed by atoms with Gasteiger partial charge in [-0.05, 0) is 66.7 Å². The second-order valence-corrected chi connectivity index (χ2v) is 9.12. The normalized spacial score (nSPS) is 36.4. The average molecular weight is 392 g/mol. The van der Waals surface area contributed by atoms with Gasteiger partial charge in [0.15, 0.2) is 0 Å². The standard InChI is InChI=1S/C23H26N4O2/c1-28-19-4-5-22(12-21(19)6-7-21)9-16-3-2-15(17-10-25-14-26-11-17)8-18(16)23(22)13-29-20(24)27-23/h2-3,8,10-11,14,19H,4-7,9,12-13H2,1H3,(H2,24,27)/t19-,22+,23?/m0/s1/i13D2.